The van der Waals surface area contributed by atoms with Crippen LogP contribution in [-0.4, -0.2) is 40.5 Å². The Morgan fingerprint density at radius 3 is 3.12 bits per heavy atom. The number of carbonyl (C=O) groups is 1. The molecule has 3 rings (SSSR count). The number of hydrogen-bond acceptors (Lipinski definition) is 5. The Bertz CT molecular complexity index is 688. The minimum atomic E-state index is 0.123. The molecule has 1 aliphatic heterocycles. The Labute approximate surface area is 146 Å². The van der Waals surface area contributed by atoms with Gasteiger partial charge >= 0.3 is 0 Å². The predicted molar refractivity (Wildman–Crippen MR) is 94.3 cm³/mol. The first-order valence-corrected chi connectivity index (χ1v) is 9.35. The average molecular weight is 345 g/mol. The third-order valence-corrected chi connectivity index (χ3v) is 5.03. The van der Waals surface area contributed by atoms with Crippen molar-refractivity contribution in [1.29, 1.82) is 0 Å². The van der Waals surface area contributed by atoms with Crippen LogP contribution in [0.4, 0.5) is 0 Å². The molecule has 0 aromatic carbocycles. The molecule has 1 amide bonds. The van der Waals surface area contributed by atoms with Crippen LogP contribution in [0.3, 0.4) is 0 Å². The number of likely N-dealkylation sites (tertiary alicyclic amines) is 1. The summed E-state index contributed by atoms with van der Waals surface area (Å²) in [7, 11) is 0. The van der Waals surface area contributed by atoms with Crippen molar-refractivity contribution < 1.29 is 9.53 Å². The molecule has 2 aromatic rings. The van der Waals surface area contributed by atoms with Gasteiger partial charge in [-0.2, -0.15) is 11.3 Å². The number of thiophene rings is 1. The highest BCUT2D eigenvalue weighted by molar-refractivity contribution is 7.08. The summed E-state index contributed by atoms with van der Waals surface area (Å²) in [5, 5.41) is 3.87. The van der Waals surface area contributed by atoms with E-state index in [2.05, 4.69) is 9.97 Å². The molecule has 0 bridgehead atoms. The van der Waals surface area contributed by atoms with Crippen LogP contribution in [0.25, 0.3) is 0 Å². The molecule has 1 unspecified atom stereocenters. The average Bonchev–Trinajstić information content (AvgIpc) is 3.14. The van der Waals surface area contributed by atoms with Crippen LogP contribution >= 0.6 is 11.3 Å². The molecule has 0 saturated carbocycles. The number of rotatable bonds is 5. The molecular weight excluding hydrogens is 322 g/mol. The van der Waals surface area contributed by atoms with Crippen LogP contribution < -0.4 is 0 Å². The molecular formula is C18H23N3O2S. The second kappa shape index (κ2) is 7.85. The molecule has 3 heterocycles. The molecule has 0 aliphatic carbocycles. The molecule has 0 N–H and O–H groups in total. The zero-order chi connectivity index (χ0) is 16.9. The lowest BCUT2D eigenvalue weighted by Crippen LogP contribution is -2.39. The normalized spacial score (nSPS) is 17.9. The third-order valence-electron chi connectivity index (χ3n) is 4.34. The summed E-state index contributed by atoms with van der Waals surface area (Å²) in [4.78, 5) is 23.6. The van der Waals surface area contributed by atoms with Crippen molar-refractivity contribution in [3.63, 3.8) is 0 Å². The number of aromatic nitrogens is 2. The summed E-state index contributed by atoms with van der Waals surface area (Å²) < 4.78 is 5.56. The van der Waals surface area contributed by atoms with Crippen LogP contribution in [0, 0.1) is 6.92 Å². The molecule has 0 radical (unpaired) electrons. The van der Waals surface area contributed by atoms with E-state index >= 15 is 0 Å². The standard InChI is InChI=1S/C18H23N3O2S/c1-3-23-11-16-9-19-13(2)20-17(16)14-5-4-7-21(10-14)18(22)15-6-8-24-12-15/h6,8-9,12,14H,3-5,7,10-11H2,1-2H3. The van der Waals surface area contributed by atoms with E-state index in [0.717, 1.165) is 42.0 Å². The number of piperidine rings is 1. The largest absolute Gasteiger partial charge is 0.377 e. The number of nitrogens with zero attached hydrogens (tertiary/aromatic N) is 3. The van der Waals surface area contributed by atoms with E-state index in [-0.39, 0.29) is 11.8 Å². The molecule has 5 nitrogen and oxygen atoms in total. The lowest BCUT2D eigenvalue weighted by molar-refractivity contribution is 0.0704. The molecule has 128 valence electrons. The van der Waals surface area contributed by atoms with Crippen LogP contribution in [0.5, 0.6) is 0 Å². The minimum absolute atomic E-state index is 0.123. The summed E-state index contributed by atoms with van der Waals surface area (Å²) >= 11 is 1.56. The second-order valence-corrected chi connectivity index (χ2v) is 6.85. The minimum Gasteiger partial charge on any atom is -0.377 e. The fourth-order valence-electron chi connectivity index (χ4n) is 3.14. The van der Waals surface area contributed by atoms with Crippen molar-refractivity contribution in [2.24, 2.45) is 0 Å². The van der Waals surface area contributed by atoms with Crippen molar-refractivity contribution in [1.82, 2.24) is 14.9 Å². The quantitative estimate of drug-likeness (QED) is 0.833. The van der Waals surface area contributed by atoms with Gasteiger partial charge in [-0.3, -0.25) is 4.79 Å². The predicted octanol–water partition coefficient (Wildman–Crippen LogP) is 3.40. The van der Waals surface area contributed by atoms with Crippen molar-refractivity contribution in [2.75, 3.05) is 19.7 Å². The molecule has 1 fully saturated rings. The van der Waals surface area contributed by atoms with Crippen LogP contribution in [-0.2, 0) is 11.3 Å². The first-order valence-electron chi connectivity index (χ1n) is 8.40. The van der Waals surface area contributed by atoms with Gasteiger partial charge in [0, 0.05) is 42.8 Å². The smallest absolute Gasteiger partial charge is 0.254 e. The van der Waals surface area contributed by atoms with E-state index in [1.165, 1.54) is 0 Å². The number of carbonyl (C=O) groups excluding carboxylic acids is 1. The van der Waals surface area contributed by atoms with Crippen molar-refractivity contribution in [2.45, 2.75) is 39.2 Å². The fraction of sp³-hybridized carbons (Fsp3) is 0.500. The highest BCUT2D eigenvalue weighted by Gasteiger charge is 2.28. The Balaban J connectivity index is 1.79. The van der Waals surface area contributed by atoms with Gasteiger partial charge in [0.2, 0.25) is 0 Å². The van der Waals surface area contributed by atoms with Gasteiger partial charge in [0.1, 0.15) is 5.82 Å². The summed E-state index contributed by atoms with van der Waals surface area (Å²) in [5.74, 6) is 1.14. The number of amides is 1. The fourth-order valence-corrected chi connectivity index (χ4v) is 3.77. The van der Waals surface area contributed by atoms with Crippen molar-refractivity contribution in [3.8, 4) is 0 Å². The Morgan fingerprint density at radius 2 is 2.38 bits per heavy atom. The van der Waals surface area contributed by atoms with Gasteiger partial charge in [0.25, 0.3) is 5.91 Å². The lowest BCUT2D eigenvalue weighted by Gasteiger charge is -2.33. The summed E-state index contributed by atoms with van der Waals surface area (Å²) in [6.45, 7) is 6.61. The summed E-state index contributed by atoms with van der Waals surface area (Å²) in [5.41, 5.74) is 2.87. The van der Waals surface area contributed by atoms with Crippen LogP contribution in [0.2, 0.25) is 0 Å². The Hall–Kier alpha value is -1.79. The summed E-state index contributed by atoms with van der Waals surface area (Å²) in [6.07, 6.45) is 3.91. The van der Waals surface area contributed by atoms with E-state index in [4.69, 9.17) is 4.74 Å². The third kappa shape index (κ3) is 3.82. The van der Waals surface area contributed by atoms with E-state index in [9.17, 15) is 4.79 Å². The van der Waals surface area contributed by atoms with E-state index < -0.39 is 0 Å². The molecule has 6 heteroatoms. The van der Waals surface area contributed by atoms with Gasteiger partial charge in [-0.05, 0) is 38.1 Å². The molecule has 1 saturated heterocycles. The maximum atomic E-state index is 12.6. The zero-order valence-electron chi connectivity index (χ0n) is 14.2. The van der Waals surface area contributed by atoms with Gasteiger partial charge in [0.15, 0.2) is 0 Å². The summed E-state index contributed by atoms with van der Waals surface area (Å²) in [6, 6.07) is 1.89. The number of hydrogen-bond donors (Lipinski definition) is 0. The van der Waals surface area contributed by atoms with E-state index in [1.807, 2.05) is 41.8 Å². The Morgan fingerprint density at radius 1 is 1.50 bits per heavy atom. The maximum absolute atomic E-state index is 12.6. The van der Waals surface area contributed by atoms with Crippen LogP contribution in [0.15, 0.2) is 23.0 Å². The van der Waals surface area contributed by atoms with E-state index in [1.54, 1.807) is 11.3 Å². The number of ether oxygens (including phenoxy) is 1. The Kier molecular flexibility index (Phi) is 5.58. The topological polar surface area (TPSA) is 55.3 Å². The van der Waals surface area contributed by atoms with Crippen molar-refractivity contribution in [3.05, 3.63) is 45.7 Å². The van der Waals surface area contributed by atoms with Gasteiger partial charge in [-0.25, -0.2) is 9.97 Å². The zero-order valence-corrected chi connectivity index (χ0v) is 15.0. The first-order chi connectivity index (χ1) is 11.7. The van der Waals surface area contributed by atoms with Gasteiger partial charge in [-0.1, -0.05) is 0 Å². The first kappa shape index (κ1) is 17.0. The highest BCUT2D eigenvalue weighted by Crippen LogP contribution is 2.29. The lowest BCUT2D eigenvalue weighted by atomic mass is 9.91. The molecule has 1 aliphatic rings. The van der Waals surface area contributed by atoms with Gasteiger partial charge in [-0.15, -0.1) is 0 Å². The maximum Gasteiger partial charge on any atom is 0.254 e. The van der Waals surface area contributed by atoms with Crippen molar-refractivity contribution >= 4 is 17.2 Å². The van der Waals surface area contributed by atoms with E-state index in [0.29, 0.717) is 19.8 Å². The second-order valence-electron chi connectivity index (χ2n) is 6.07. The van der Waals surface area contributed by atoms with Gasteiger partial charge < -0.3 is 9.64 Å². The molecule has 2 aromatic heterocycles. The molecule has 1 atom stereocenters. The highest BCUT2D eigenvalue weighted by atomic mass is 32.1. The SMILES string of the molecule is CCOCc1cnc(C)nc1C1CCCN(C(=O)c2ccsc2)C1. The molecule has 24 heavy (non-hydrogen) atoms. The van der Waals surface area contributed by atoms with Crippen LogP contribution in [0.1, 0.15) is 53.1 Å². The van der Waals surface area contributed by atoms with Gasteiger partial charge in [0.05, 0.1) is 17.9 Å². The molecule has 0 spiro atoms. The number of aryl methyl sites for hydroxylation is 1. The monoisotopic (exact) mass is 345 g/mol.